The monoisotopic (exact) mass is 309 g/mol. The van der Waals surface area contributed by atoms with Crippen LogP contribution in [-0.4, -0.2) is 14.5 Å². The Bertz CT molecular complexity index is 731. The van der Waals surface area contributed by atoms with Crippen LogP contribution in [0.3, 0.4) is 0 Å². The summed E-state index contributed by atoms with van der Waals surface area (Å²) in [4.78, 5) is 31.2. The Morgan fingerprint density at radius 2 is 2.24 bits per heavy atom. The van der Waals surface area contributed by atoms with Gasteiger partial charge in [0.15, 0.2) is 0 Å². The van der Waals surface area contributed by atoms with E-state index in [4.69, 9.17) is 5.73 Å². The molecule has 2 aromatic heterocycles. The number of nitrogens with one attached hydrogen (secondary N) is 2. The van der Waals surface area contributed by atoms with E-state index in [-0.39, 0.29) is 11.5 Å². The first kappa shape index (κ1) is 15.3. The van der Waals surface area contributed by atoms with Gasteiger partial charge in [-0.25, -0.2) is 9.78 Å². The molecule has 0 fully saturated rings. The highest BCUT2D eigenvalue weighted by Gasteiger charge is 2.12. The van der Waals surface area contributed by atoms with Crippen LogP contribution in [0.25, 0.3) is 0 Å². The number of nitrogen functional groups attached to an aromatic ring is 1. The molecule has 0 bridgehead atoms. The summed E-state index contributed by atoms with van der Waals surface area (Å²) in [5.41, 5.74) is 7.92. The van der Waals surface area contributed by atoms with Gasteiger partial charge in [-0.15, -0.1) is 11.3 Å². The first-order valence-corrected chi connectivity index (χ1v) is 7.68. The van der Waals surface area contributed by atoms with Crippen LogP contribution in [-0.2, 0) is 13.1 Å². The summed E-state index contributed by atoms with van der Waals surface area (Å²) >= 11 is 1.51. The Kier molecular flexibility index (Phi) is 4.79. The van der Waals surface area contributed by atoms with Crippen molar-refractivity contribution in [1.29, 1.82) is 0 Å². The highest BCUT2D eigenvalue weighted by atomic mass is 32.1. The van der Waals surface area contributed by atoms with E-state index in [2.05, 4.69) is 15.3 Å². The third kappa shape index (κ3) is 3.33. The van der Waals surface area contributed by atoms with Gasteiger partial charge in [0, 0.05) is 11.4 Å². The molecular formula is C13H19N5O2S. The minimum absolute atomic E-state index is 0.180. The number of nitrogens with two attached hydrogens (primary N) is 1. The van der Waals surface area contributed by atoms with Crippen molar-refractivity contribution >= 4 is 22.8 Å². The SMILES string of the molecule is CCCCn1c(N)c(NCc2scnc2C)c(=O)[nH]c1=O. The van der Waals surface area contributed by atoms with Gasteiger partial charge in [-0.1, -0.05) is 13.3 Å². The molecule has 0 saturated heterocycles. The number of hydrogen-bond donors (Lipinski definition) is 3. The van der Waals surface area contributed by atoms with Gasteiger partial charge >= 0.3 is 5.69 Å². The molecule has 0 atom stereocenters. The number of nitrogens with zero attached hydrogens (tertiary/aromatic N) is 2. The van der Waals surface area contributed by atoms with E-state index < -0.39 is 11.2 Å². The smallest absolute Gasteiger partial charge is 0.330 e. The van der Waals surface area contributed by atoms with Crippen LogP contribution in [0.5, 0.6) is 0 Å². The van der Waals surface area contributed by atoms with Crippen LogP contribution in [0.2, 0.25) is 0 Å². The van der Waals surface area contributed by atoms with Gasteiger partial charge in [-0.2, -0.15) is 0 Å². The van der Waals surface area contributed by atoms with Crippen molar-refractivity contribution in [3.05, 3.63) is 36.9 Å². The van der Waals surface area contributed by atoms with Crippen LogP contribution in [0, 0.1) is 6.92 Å². The summed E-state index contributed by atoms with van der Waals surface area (Å²) < 4.78 is 1.40. The third-order valence-electron chi connectivity index (χ3n) is 3.25. The van der Waals surface area contributed by atoms with Gasteiger partial charge < -0.3 is 11.1 Å². The zero-order chi connectivity index (χ0) is 15.4. The Morgan fingerprint density at radius 3 is 2.86 bits per heavy atom. The quantitative estimate of drug-likeness (QED) is 0.745. The van der Waals surface area contributed by atoms with E-state index in [0.29, 0.717) is 13.1 Å². The molecule has 0 aromatic carbocycles. The molecule has 21 heavy (non-hydrogen) atoms. The molecule has 4 N–H and O–H groups in total. The fourth-order valence-electron chi connectivity index (χ4n) is 1.96. The lowest BCUT2D eigenvalue weighted by Crippen LogP contribution is -2.34. The predicted octanol–water partition coefficient (Wildman–Crippen LogP) is 1.30. The minimum atomic E-state index is -0.493. The molecule has 0 unspecified atom stereocenters. The minimum Gasteiger partial charge on any atom is -0.383 e. The highest BCUT2D eigenvalue weighted by Crippen LogP contribution is 2.16. The fraction of sp³-hybridized carbons (Fsp3) is 0.462. The lowest BCUT2D eigenvalue weighted by atomic mass is 10.3. The molecule has 0 spiro atoms. The summed E-state index contributed by atoms with van der Waals surface area (Å²) in [5, 5.41) is 3.01. The van der Waals surface area contributed by atoms with Crippen molar-refractivity contribution < 1.29 is 0 Å². The first-order chi connectivity index (χ1) is 10.0. The summed E-state index contributed by atoms with van der Waals surface area (Å²) in [6.07, 6.45) is 1.76. The molecule has 114 valence electrons. The van der Waals surface area contributed by atoms with Crippen LogP contribution >= 0.6 is 11.3 Å². The van der Waals surface area contributed by atoms with Crippen LogP contribution in [0.4, 0.5) is 11.5 Å². The van der Waals surface area contributed by atoms with Crippen molar-refractivity contribution in [2.75, 3.05) is 11.1 Å². The lowest BCUT2D eigenvalue weighted by molar-refractivity contribution is 0.605. The standard InChI is InChI=1S/C13H19N5O2S/c1-3-4-5-18-11(14)10(12(19)17-13(18)20)15-6-9-8(2)16-7-21-9/h7,15H,3-6,14H2,1-2H3,(H,17,19,20). The zero-order valence-electron chi connectivity index (χ0n) is 12.1. The lowest BCUT2D eigenvalue weighted by Gasteiger charge is -2.13. The number of hydrogen-bond acceptors (Lipinski definition) is 6. The first-order valence-electron chi connectivity index (χ1n) is 6.80. The van der Waals surface area contributed by atoms with Gasteiger partial charge in [0.05, 0.1) is 17.7 Å². The second-order valence-corrected chi connectivity index (χ2v) is 5.68. The number of anilines is 2. The van der Waals surface area contributed by atoms with Gasteiger partial charge in [-0.3, -0.25) is 14.3 Å². The van der Waals surface area contributed by atoms with Crippen molar-refractivity contribution in [3.63, 3.8) is 0 Å². The number of rotatable bonds is 6. The van der Waals surface area contributed by atoms with Crippen molar-refractivity contribution in [3.8, 4) is 0 Å². The Hall–Kier alpha value is -2.09. The number of H-pyrrole nitrogens is 1. The topological polar surface area (TPSA) is 106 Å². The summed E-state index contributed by atoms with van der Waals surface area (Å²) in [5.74, 6) is 0.180. The molecule has 0 amide bonds. The number of aromatic amines is 1. The average Bonchev–Trinajstić information content (AvgIpc) is 2.84. The summed E-state index contributed by atoms with van der Waals surface area (Å²) in [7, 11) is 0. The van der Waals surface area contributed by atoms with Crippen LogP contribution < -0.4 is 22.3 Å². The van der Waals surface area contributed by atoms with Crippen molar-refractivity contribution in [2.24, 2.45) is 0 Å². The zero-order valence-corrected chi connectivity index (χ0v) is 12.9. The predicted molar refractivity (Wildman–Crippen MR) is 84.8 cm³/mol. The van der Waals surface area contributed by atoms with Gasteiger partial charge in [0.1, 0.15) is 11.5 Å². The largest absolute Gasteiger partial charge is 0.383 e. The second-order valence-electron chi connectivity index (χ2n) is 4.74. The summed E-state index contributed by atoms with van der Waals surface area (Å²) in [6, 6.07) is 0. The van der Waals surface area contributed by atoms with Crippen LogP contribution in [0.15, 0.2) is 15.1 Å². The number of aryl methyl sites for hydroxylation is 1. The maximum atomic E-state index is 11.9. The maximum absolute atomic E-state index is 11.9. The van der Waals surface area contributed by atoms with E-state index >= 15 is 0 Å². The molecule has 0 aliphatic heterocycles. The Balaban J connectivity index is 2.28. The van der Waals surface area contributed by atoms with Gasteiger partial charge in [0.2, 0.25) is 0 Å². The third-order valence-corrected chi connectivity index (χ3v) is 4.18. The molecule has 2 heterocycles. The summed E-state index contributed by atoms with van der Waals surface area (Å²) in [6.45, 7) is 4.88. The molecule has 0 aliphatic rings. The van der Waals surface area contributed by atoms with E-state index in [1.54, 1.807) is 5.51 Å². The number of thiazole rings is 1. The van der Waals surface area contributed by atoms with E-state index in [1.165, 1.54) is 15.9 Å². The van der Waals surface area contributed by atoms with Crippen molar-refractivity contribution in [2.45, 2.75) is 39.8 Å². The van der Waals surface area contributed by atoms with Gasteiger partial charge in [-0.05, 0) is 13.3 Å². The fourth-order valence-corrected chi connectivity index (χ4v) is 2.68. The average molecular weight is 309 g/mol. The molecule has 8 heteroatoms. The normalized spacial score (nSPS) is 10.8. The maximum Gasteiger partial charge on any atom is 0.330 e. The molecule has 2 aromatic rings. The molecule has 0 radical (unpaired) electrons. The molecule has 0 saturated carbocycles. The van der Waals surface area contributed by atoms with Crippen molar-refractivity contribution in [1.82, 2.24) is 14.5 Å². The van der Waals surface area contributed by atoms with E-state index in [0.717, 1.165) is 23.4 Å². The Morgan fingerprint density at radius 1 is 1.48 bits per heavy atom. The number of aromatic nitrogens is 3. The highest BCUT2D eigenvalue weighted by molar-refractivity contribution is 7.09. The van der Waals surface area contributed by atoms with Gasteiger partial charge in [0.25, 0.3) is 5.56 Å². The molecule has 0 aliphatic carbocycles. The number of unbranched alkanes of at least 4 members (excludes halogenated alkanes) is 1. The molecular weight excluding hydrogens is 290 g/mol. The molecule has 2 rings (SSSR count). The second kappa shape index (κ2) is 6.57. The van der Waals surface area contributed by atoms with Crippen LogP contribution in [0.1, 0.15) is 30.3 Å². The Labute approximate surface area is 125 Å². The molecule has 7 nitrogen and oxygen atoms in total. The van der Waals surface area contributed by atoms with E-state index in [9.17, 15) is 9.59 Å². The van der Waals surface area contributed by atoms with E-state index in [1.807, 2.05) is 13.8 Å².